The maximum absolute atomic E-state index is 13.0. The van der Waals surface area contributed by atoms with E-state index in [1.165, 1.54) is 13.2 Å². The summed E-state index contributed by atoms with van der Waals surface area (Å²) in [5.74, 6) is -0.260. The third-order valence-electron chi connectivity index (χ3n) is 4.68. The molecule has 1 aliphatic rings. The zero-order valence-electron chi connectivity index (χ0n) is 15.9. The van der Waals surface area contributed by atoms with Crippen molar-refractivity contribution in [2.45, 2.75) is 37.9 Å². The topological polar surface area (TPSA) is 71.0 Å². The highest BCUT2D eigenvalue weighted by Crippen LogP contribution is 2.35. The zero-order chi connectivity index (χ0) is 20.6. The number of likely N-dealkylation sites (tertiary alicyclic amines) is 1. The molecule has 2 N–H and O–H groups in total. The van der Waals surface area contributed by atoms with Gasteiger partial charge in [0.1, 0.15) is 12.4 Å². The van der Waals surface area contributed by atoms with Gasteiger partial charge in [0, 0.05) is 19.8 Å². The van der Waals surface area contributed by atoms with E-state index in [0.29, 0.717) is 6.42 Å². The number of hydrogen-bond acceptors (Lipinski definition) is 5. The lowest BCUT2D eigenvalue weighted by Gasteiger charge is -2.34. The molecule has 0 aliphatic carbocycles. The van der Waals surface area contributed by atoms with Crippen LogP contribution in [0.5, 0.6) is 5.75 Å². The van der Waals surface area contributed by atoms with Gasteiger partial charge in [-0.25, -0.2) is 0 Å². The van der Waals surface area contributed by atoms with Crippen molar-refractivity contribution in [3.63, 3.8) is 0 Å². The van der Waals surface area contributed by atoms with Crippen LogP contribution >= 0.6 is 0 Å². The molecule has 1 fully saturated rings. The molecule has 0 spiro atoms. The number of piperidine rings is 1. The Balaban J connectivity index is 2.11. The van der Waals surface area contributed by atoms with E-state index in [1.807, 2.05) is 4.90 Å². The number of carbonyl (C=O) groups excluding carboxylic acids is 1. The van der Waals surface area contributed by atoms with Crippen LogP contribution in [0.3, 0.4) is 0 Å². The lowest BCUT2D eigenvalue weighted by atomic mass is 9.99. The van der Waals surface area contributed by atoms with Gasteiger partial charge in [0.05, 0.1) is 24.4 Å². The molecule has 1 saturated heterocycles. The molecule has 1 aliphatic heterocycles. The van der Waals surface area contributed by atoms with Crippen LogP contribution in [0.2, 0.25) is 0 Å². The minimum atomic E-state index is -4.52. The standard InChI is InChI=1S/C19H27F3N2O4/c1-27-10-11-28-17-6-5-14(19(20,21)22)12-16(17)23-18(26)13-24-8-3-2-4-15(24)7-9-25/h5-6,12,15,25H,2-4,7-11,13H2,1H3,(H,23,26). The Morgan fingerprint density at radius 3 is 2.79 bits per heavy atom. The number of halogens is 3. The predicted octanol–water partition coefficient (Wildman–Crippen LogP) is 2.91. The van der Waals surface area contributed by atoms with Crippen LogP contribution in [0.4, 0.5) is 18.9 Å². The molecule has 0 bridgehead atoms. The molecule has 2 rings (SSSR count). The van der Waals surface area contributed by atoms with Gasteiger partial charge in [-0.3, -0.25) is 9.69 Å². The van der Waals surface area contributed by atoms with Gasteiger partial charge in [-0.1, -0.05) is 6.42 Å². The van der Waals surface area contributed by atoms with Gasteiger partial charge in [0.25, 0.3) is 0 Å². The molecular weight excluding hydrogens is 377 g/mol. The summed E-state index contributed by atoms with van der Waals surface area (Å²) >= 11 is 0. The first-order chi connectivity index (χ1) is 13.3. The van der Waals surface area contributed by atoms with Crippen LogP contribution in [0.15, 0.2) is 18.2 Å². The number of nitrogens with one attached hydrogen (secondary N) is 1. The Hall–Kier alpha value is -1.84. The summed E-state index contributed by atoms with van der Waals surface area (Å²) in [5.41, 5.74) is -0.885. The molecule has 1 unspecified atom stereocenters. The molecule has 6 nitrogen and oxygen atoms in total. The van der Waals surface area contributed by atoms with E-state index in [4.69, 9.17) is 9.47 Å². The summed E-state index contributed by atoms with van der Waals surface area (Å²) in [6, 6.07) is 3.09. The molecule has 0 aromatic heterocycles. The highest BCUT2D eigenvalue weighted by molar-refractivity contribution is 5.93. The number of rotatable bonds is 9. The second-order valence-electron chi connectivity index (χ2n) is 6.73. The number of carbonyl (C=O) groups is 1. The van der Waals surface area contributed by atoms with E-state index in [-0.39, 0.29) is 43.8 Å². The smallest absolute Gasteiger partial charge is 0.416 e. The number of anilines is 1. The van der Waals surface area contributed by atoms with Crippen LogP contribution < -0.4 is 10.1 Å². The van der Waals surface area contributed by atoms with Crippen molar-refractivity contribution >= 4 is 11.6 Å². The molecule has 1 heterocycles. The molecule has 28 heavy (non-hydrogen) atoms. The fourth-order valence-corrected chi connectivity index (χ4v) is 3.28. The summed E-state index contributed by atoms with van der Waals surface area (Å²) in [4.78, 5) is 14.5. The number of aliphatic hydroxyl groups excluding tert-OH is 1. The maximum Gasteiger partial charge on any atom is 0.416 e. The number of nitrogens with zero attached hydrogens (tertiary/aromatic N) is 1. The summed E-state index contributed by atoms with van der Waals surface area (Å²) in [6.07, 6.45) is -1.08. The van der Waals surface area contributed by atoms with Gasteiger partial charge in [-0.05, 0) is 44.0 Å². The van der Waals surface area contributed by atoms with E-state index < -0.39 is 17.6 Å². The quantitative estimate of drug-likeness (QED) is 0.620. The summed E-state index contributed by atoms with van der Waals surface area (Å²) in [5, 5.41) is 11.7. The third kappa shape index (κ3) is 6.65. The van der Waals surface area contributed by atoms with E-state index >= 15 is 0 Å². The van der Waals surface area contributed by atoms with Gasteiger partial charge >= 0.3 is 6.18 Å². The van der Waals surface area contributed by atoms with E-state index in [9.17, 15) is 23.1 Å². The van der Waals surface area contributed by atoms with Crippen molar-refractivity contribution < 1.29 is 32.5 Å². The Kier molecular flexibility index (Phi) is 8.53. The van der Waals surface area contributed by atoms with Gasteiger partial charge in [0.2, 0.25) is 5.91 Å². The van der Waals surface area contributed by atoms with Crippen molar-refractivity contribution in [3.8, 4) is 5.75 Å². The Morgan fingerprint density at radius 2 is 2.11 bits per heavy atom. The average molecular weight is 404 g/mol. The van der Waals surface area contributed by atoms with Gasteiger partial charge in [-0.2, -0.15) is 13.2 Å². The highest BCUT2D eigenvalue weighted by atomic mass is 19.4. The first-order valence-corrected chi connectivity index (χ1v) is 9.33. The first-order valence-electron chi connectivity index (χ1n) is 9.33. The monoisotopic (exact) mass is 404 g/mol. The van der Waals surface area contributed by atoms with Crippen molar-refractivity contribution in [2.75, 3.05) is 45.3 Å². The van der Waals surface area contributed by atoms with Crippen molar-refractivity contribution in [3.05, 3.63) is 23.8 Å². The van der Waals surface area contributed by atoms with E-state index in [0.717, 1.165) is 37.9 Å². The number of alkyl halides is 3. The predicted molar refractivity (Wildman–Crippen MR) is 98.4 cm³/mol. The number of methoxy groups -OCH3 is 1. The number of aliphatic hydroxyl groups is 1. The second kappa shape index (κ2) is 10.6. The second-order valence-corrected chi connectivity index (χ2v) is 6.73. The van der Waals surface area contributed by atoms with Crippen LogP contribution in [0.25, 0.3) is 0 Å². The number of ether oxygens (including phenoxy) is 2. The fraction of sp³-hybridized carbons (Fsp3) is 0.632. The van der Waals surface area contributed by atoms with Crippen molar-refractivity contribution in [1.82, 2.24) is 4.90 Å². The maximum atomic E-state index is 13.0. The molecule has 158 valence electrons. The van der Waals surface area contributed by atoms with Crippen molar-refractivity contribution in [1.29, 1.82) is 0 Å². The zero-order valence-corrected chi connectivity index (χ0v) is 15.9. The molecule has 0 radical (unpaired) electrons. The highest BCUT2D eigenvalue weighted by Gasteiger charge is 2.31. The summed E-state index contributed by atoms with van der Waals surface area (Å²) in [7, 11) is 1.49. The van der Waals surface area contributed by atoms with Gasteiger partial charge in [0.15, 0.2) is 0 Å². The molecule has 1 atom stereocenters. The van der Waals surface area contributed by atoms with Crippen LogP contribution in [-0.2, 0) is 15.7 Å². The number of benzene rings is 1. The molecule has 1 aromatic carbocycles. The van der Waals surface area contributed by atoms with Crippen LogP contribution in [0.1, 0.15) is 31.2 Å². The minimum Gasteiger partial charge on any atom is -0.489 e. The minimum absolute atomic E-state index is 0.0216. The fourth-order valence-electron chi connectivity index (χ4n) is 3.28. The average Bonchev–Trinajstić information content (AvgIpc) is 2.64. The van der Waals surface area contributed by atoms with E-state index in [2.05, 4.69) is 5.32 Å². The number of hydrogen-bond donors (Lipinski definition) is 2. The molecule has 1 aromatic rings. The van der Waals surface area contributed by atoms with Crippen molar-refractivity contribution in [2.24, 2.45) is 0 Å². The lowest BCUT2D eigenvalue weighted by molar-refractivity contribution is -0.137. The summed E-state index contributed by atoms with van der Waals surface area (Å²) < 4.78 is 49.5. The Labute approximate surface area is 162 Å². The molecular formula is C19H27F3N2O4. The molecule has 0 saturated carbocycles. The molecule has 9 heteroatoms. The third-order valence-corrected chi connectivity index (χ3v) is 4.68. The number of amides is 1. The van der Waals surface area contributed by atoms with Gasteiger partial charge in [-0.15, -0.1) is 0 Å². The molecule has 1 amide bonds. The largest absolute Gasteiger partial charge is 0.489 e. The summed E-state index contributed by atoms with van der Waals surface area (Å²) in [6.45, 7) is 1.23. The SMILES string of the molecule is COCCOc1ccc(C(F)(F)F)cc1NC(=O)CN1CCCCC1CCO. The first kappa shape index (κ1) is 22.4. The normalized spacial score (nSPS) is 18.1. The Morgan fingerprint density at radius 1 is 1.32 bits per heavy atom. The van der Waals surface area contributed by atoms with Crippen LogP contribution in [-0.4, -0.2) is 62.0 Å². The van der Waals surface area contributed by atoms with E-state index in [1.54, 1.807) is 0 Å². The van der Waals surface area contributed by atoms with Gasteiger partial charge < -0.3 is 19.9 Å². The Bertz CT molecular complexity index is 638. The van der Waals surface area contributed by atoms with Crippen LogP contribution in [0, 0.1) is 0 Å². The lowest BCUT2D eigenvalue weighted by Crippen LogP contribution is -2.44.